The Hall–Kier alpha value is -0.940. The highest BCUT2D eigenvalue weighted by molar-refractivity contribution is 4.94. The van der Waals surface area contributed by atoms with E-state index >= 15 is 0 Å². The van der Waals surface area contributed by atoms with E-state index in [0.29, 0.717) is 0 Å². The predicted octanol–water partition coefficient (Wildman–Crippen LogP) is -0.618. The van der Waals surface area contributed by atoms with Crippen molar-refractivity contribution in [3.05, 3.63) is 11.9 Å². The van der Waals surface area contributed by atoms with E-state index in [4.69, 9.17) is 0 Å². The Bertz CT molecular complexity index is 285. The number of likely N-dealkylation sites (tertiary alicyclic amines) is 1. The van der Waals surface area contributed by atoms with Crippen LogP contribution in [0.15, 0.2) is 6.20 Å². The maximum absolute atomic E-state index is 9.32. The molecule has 5 heteroatoms. The van der Waals surface area contributed by atoms with Crippen LogP contribution in [0.3, 0.4) is 0 Å². The molecule has 2 heterocycles. The number of β-amino-alcohol motifs (C(OH)–C–C–N with tert-alkyl or cyclic N) is 1. The Morgan fingerprint density at radius 2 is 2.54 bits per heavy atom. The summed E-state index contributed by atoms with van der Waals surface area (Å²) in [7, 11) is 1.88. The summed E-state index contributed by atoms with van der Waals surface area (Å²) >= 11 is 0. The molecule has 0 aliphatic carbocycles. The summed E-state index contributed by atoms with van der Waals surface area (Å²) < 4.78 is 1.77. The molecular formula is C8H14N4O. The van der Waals surface area contributed by atoms with Gasteiger partial charge in [0, 0.05) is 26.7 Å². The molecule has 1 fully saturated rings. The van der Waals surface area contributed by atoms with E-state index < -0.39 is 0 Å². The molecule has 5 nitrogen and oxygen atoms in total. The summed E-state index contributed by atoms with van der Waals surface area (Å²) in [5, 5.41) is 17.0. The van der Waals surface area contributed by atoms with Gasteiger partial charge in [0.05, 0.1) is 18.0 Å². The molecule has 1 aliphatic heterocycles. The number of nitrogens with zero attached hydrogens (tertiary/aromatic N) is 4. The summed E-state index contributed by atoms with van der Waals surface area (Å²) in [4.78, 5) is 2.21. The molecule has 0 unspecified atom stereocenters. The first kappa shape index (κ1) is 8.65. The van der Waals surface area contributed by atoms with Gasteiger partial charge in [0.15, 0.2) is 0 Å². The minimum absolute atomic E-state index is 0.152. The van der Waals surface area contributed by atoms with E-state index in [0.717, 1.165) is 31.7 Å². The van der Waals surface area contributed by atoms with Gasteiger partial charge in [-0.3, -0.25) is 9.58 Å². The maximum atomic E-state index is 9.32. The second-order valence-corrected chi connectivity index (χ2v) is 3.53. The van der Waals surface area contributed by atoms with Gasteiger partial charge in [-0.2, -0.15) is 0 Å². The molecule has 0 spiro atoms. The van der Waals surface area contributed by atoms with E-state index in [2.05, 4.69) is 15.2 Å². The van der Waals surface area contributed by atoms with Gasteiger partial charge < -0.3 is 5.11 Å². The van der Waals surface area contributed by atoms with Gasteiger partial charge >= 0.3 is 0 Å². The van der Waals surface area contributed by atoms with Gasteiger partial charge in [-0.15, -0.1) is 5.10 Å². The standard InChI is InChI=1S/C8H14N4O/c1-11-7(4-9-10-11)5-12-3-2-8(13)6-12/h4,8,13H,2-3,5-6H2,1H3/t8-/m1/s1. The third kappa shape index (κ3) is 1.87. The molecule has 1 N–H and O–H groups in total. The minimum atomic E-state index is -0.152. The van der Waals surface area contributed by atoms with Crippen LogP contribution >= 0.6 is 0 Å². The third-order valence-electron chi connectivity index (χ3n) is 2.44. The number of hydrogen-bond acceptors (Lipinski definition) is 4. The lowest BCUT2D eigenvalue weighted by Crippen LogP contribution is -2.22. The van der Waals surface area contributed by atoms with Crippen LogP contribution in [0.5, 0.6) is 0 Å². The van der Waals surface area contributed by atoms with Gasteiger partial charge in [-0.05, 0) is 6.42 Å². The number of aliphatic hydroxyl groups is 1. The normalized spacial score (nSPS) is 24.0. The Kier molecular flexibility index (Phi) is 2.28. The minimum Gasteiger partial charge on any atom is -0.392 e. The molecular weight excluding hydrogens is 168 g/mol. The number of aliphatic hydroxyl groups excluding tert-OH is 1. The average Bonchev–Trinajstić information content (AvgIpc) is 2.64. The van der Waals surface area contributed by atoms with Crippen LogP contribution in [0.4, 0.5) is 0 Å². The zero-order valence-corrected chi connectivity index (χ0v) is 7.72. The lowest BCUT2D eigenvalue weighted by molar-refractivity contribution is 0.174. The summed E-state index contributed by atoms with van der Waals surface area (Å²) in [5.41, 5.74) is 1.09. The number of aryl methyl sites for hydroxylation is 1. The van der Waals surface area contributed by atoms with Crippen LogP contribution < -0.4 is 0 Å². The summed E-state index contributed by atoms with van der Waals surface area (Å²) in [5.74, 6) is 0. The quantitative estimate of drug-likeness (QED) is 0.662. The van der Waals surface area contributed by atoms with E-state index in [1.165, 1.54) is 0 Å². The van der Waals surface area contributed by atoms with Crippen molar-refractivity contribution in [2.75, 3.05) is 13.1 Å². The molecule has 0 aromatic carbocycles. The van der Waals surface area contributed by atoms with E-state index in [1.54, 1.807) is 10.9 Å². The molecule has 0 saturated carbocycles. The van der Waals surface area contributed by atoms with Gasteiger partial charge in [-0.25, -0.2) is 0 Å². The smallest absolute Gasteiger partial charge is 0.0738 e. The van der Waals surface area contributed by atoms with Crippen molar-refractivity contribution in [3.8, 4) is 0 Å². The first-order valence-electron chi connectivity index (χ1n) is 4.49. The number of rotatable bonds is 2. The topological polar surface area (TPSA) is 54.2 Å². The summed E-state index contributed by atoms with van der Waals surface area (Å²) in [6.07, 6.45) is 2.50. The molecule has 0 radical (unpaired) electrons. The summed E-state index contributed by atoms with van der Waals surface area (Å²) in [6.45, 7) is 2.57. The Balaban J connectivity index is 1.95. The van der Waals surface area contributed by atoms with Crippen molar-refractivity contribution in [2.45, 2.75) is 19.1 Å². The predicted molar refractivity (Wildman–Crippen MR) is 46.9 cm³/mol. The molecule has 1 saturated heterocycles. The number of aromatic nitrogens is 3. The second-order valence-electron chi connectivity index (χ2n) is 3.53. The molecule has 0 bridgehead atoms. The maximum Gasteiger partial charge on any atom is 0.0738 e. The van der Waals surface area contributed by atoms with Gasteiger partial charge in [0.1, 0.15) is 0 Å². The highest BCUT2D eigenvalue weighted by atomic mass is 16.3. The van der Waals surface area contributed by atoms with Crippen LogP contribution in [0.2, 0.25) is 0 Å². The van der Waals surface area contributed by atoms with Gasteiger partial charge in [-0.1, -0.05) is 5.21 Å². The van der Waals surface area contributed by atoms with Crippen molar-refractivity contribution in [3.63, 3.8) is 0 Å². The highest BCUT2D eigenvalue weighted by Gasteiger charge is 2.20. The Morgan fingerprint density at radius 1 is 1.69 bits per heavy atom. The van der Waals surface area contributed by atoms with Crippen LogP contribution in [0.25, 0.3) is 0 Å². The van der Waals surface area contributed by atoms with Crippen molar-refractivity contribution in [2.24, 2.45) is 7.05 Å². The SMILES string of the molecule is Cn1nncc1CN1CC[C@@H](O)C1. The Labute approximate surface area is 77.0 Å². The van der Waals surface area contributed by atoms with Crippen LogP contribution in [-0.4, -0.2) is 44.2 Å². The van der Waals surface area contributed by atoms with Crippen LogP contribution in [0, 0.1) is 0 Å². The molecule has 0 amide bonds. The van der Waals surface area contributed by atoms with Gasteiger partial charge in [0.25, 0.3) is 0 Å². The second kappa shape index (κ2) is 3.43. The molecule has 1 aliphatic rings. The van der Waals surface area contributed by atoms with Crippen molar-refractivity contribution < 1.29 is 5.11 Å². The first-order chi connectivity index (χ1) is 6.25. The van der Waals surface area contributed by atoms with Crippen LogP contribution in [0.1, 0.15) is 12.1 Å². The molecule has 2 rings (SSSR count). The number of hydrogen-bond donors (Lipinski definition) is 1. The highest BCUT2D eigenvalue weighted by Crippen LogP contribution is 2.11. The first-order valence-corrected chi connectivity index (χ1v) is 4.49. The summed E-state index contributed by atoms with van der Waals surface area (Å²) in [6, 6.07) is 0. The van der Waals surface area contributed by atoms with E-state index in [-0.39, 0.29) is 6.10 Å². The van der Waals surface area contributed by atoms with Crippen LogP contribution in [-0.2, 0) is 13.6 Å². The largest absolute Gasteiger partial charge is 0.392 e. The lowest BCUT2D eigenvalue weighted by atomic mass is 10.3. The monoisotopic (exact) mass is 182 g/mol. The van der Waals surface area contributed by atoms with Crippen molar-refractivity contribution >= 4 is 0 Å². The average molecular weight is 182 g/mol. The Morgan fingerprint density at radius 3 is 3.08 bits per heavy atom. The zero-order valence-electron chi connectivity index (χ0n) is 7.72. The molecule has 13 heavy (non-hydrogen) atoms. The zero-order chi connectivity index (χ0) is 9.26. The van der Waals surface area contributed by atoms with Gasteiger partial charge in [0.2, 0.25) is 0 Å². The van der Waals surface area contributed by atoms with E-state index in [9.17, 15) is 5.11 Å². The third-order valence-corrected chi connectivity index (χ3v) is 2.44. The fourth-order valence-corrected chi connectivity index (χ4v) is 1.64. The molecule has 1 atom stereocenters. The molecule has 1 aromatic heterocycles. The van der Waals surface area contributed by atoms with Crippen molar-refractivity contribution in [1.29, 1.82) is 0 Å². The lowest BCUT2D eigenvalue weighted by Gasteiger charge is -2.13. The fraction of sp³-hybridized carbons (Fsp3) is 0.750. The molecule has 72 valence electrons. The van der Waals surface area contributed by atoms with E-state index in [1.807, 2.05) is 7.05 Å². The van der Waals surface area contributed by atoms with Crippen molar-refractivity contribution in [1.82, 2.24) is 19.9 Å². The molecule has 1 aromatic rings. The fourth-order valence-electron chi connectivity index (χ4n) is 1.64.